The second-order valence-electron chi connectivity index (χ2n) is 3.32. The fourth-order valence-electron chi connectivity index (χ4n) is 1.28. The van der Waals surface area contributed by atoms with Gasteiger partial charge < -0.3 is 0 Å². The average molecular weight is 298 g/mol. The maximum Gasteiger partial charge on any atom is 0.417 e. The predicted molar refractivity (Wildman–Crippen MR) is 58.9 cm³/mol. The molecule has 3 nitrogen and oxygen atoms in total. The van der Waals surface area contributed by atoms with Gasteiger partial charge in [0.2, 0.25) is 0 Å². The highest BCUT2D eigenvalue weighted by Gasteiger charge is 2.34. The molecule has 0 amide bonds. The first-order valence-corrected chi connectivity index (χ1v) is 6.81. The molecule has 0 aliphatic carbocycles. The molecule has 0 unspecified atom stereocenters. The van der Waals surface area contributed by atoms with E-state index in [0.717, 1.165) is 6.07 Å². The van der Waals surface area contributed by atoms with Crippen LogP contribution in [0.3, 0.4) is 0 Å². The summed E-state index contributed by atoms with van der Waals surface area (Å²) < 4.78 is 60.6. The lowest BCUT2D eigenvalue weighted by atomic mass is 10.1. The standard InChI is InChI=1S/C10H7ClF3NO2S/c11-3-4-18(16,17)8-1-2-9(10(12,13)14)7(5-8)6-15/h1-2,5H,3-4H2. The van der Waals surface area contributed by atoms with Gasteiger partial charge in [0.25, 0.3) is 0 Å². The maximum atomic E-state index is 12.5. The van der Waals surface area contributed by atoms with E-state index in [1.807, 2.05) is 0 Å². The van der Waals surface area contributed by atoms with Crippen molar-refractivity contribution in [3.8, 4) is 6.07 Å². The lowest BCUT2D eigenvalue weighted by molar-refractivity contribution is -0.137. The van der Waals surface area contributed by atoms with E-state index in [4.69, 9.17) is 16.9 Å². The highest BCUT2D eigenvalue weighted by molar-refractivity contribution is 7.91. The van der Waals surface area contributed by atoms with Gasteiger partial charge in [0.05, 0.1) is 27.8 Å². The van der Waals surface area contributed by atoms with Crippen LogP contribution < -0.4 is 0 Å². The summed E-state index contributed by atoms with van der Waals surface area (Å²) >= 11 is 5.29. The van der Waals surface area contributed by atoms with E-state index < -0.39 is 32.9 Å². The summed E-state index contributed by atoms with van der Waals surface area (Å²) in [7, 11) is -3.76. The van der Waals surface area contributed by atoms with Gasteiger partial charge in [0.1, 0.15) is 0 Å². The van der Waals surface area contributed by atoms with Gasteiger partial charge in [-0.1, -0.05) is 0 Å². The van der Waals surface area contributed by atoms with Crippen LogP contribution in [0.4, 0.5) is 13.2 Å². The Hall–Kier alpha value is -1.26. The smallest absolute Gasteiger partial charge is 0.224 e. The van der Waals surface area contributed by atoms with Gasteiger partial charge in [-0.3, -0.25) is 0 Å². The van der Waals surface area contributed by atoms with Crippen LogP contribution in [0.5, 0.6) is 0 Å². The maximum absolute atomic E-state index is 12.5. The Labute approximate surface area is 107 Å². The second-order valence-corrected chi connectivity index (χ2v) is 5.81. The van der Waals surface area contributed by atoms with E-state index in [0.29, 0.717) is 12.1 Å². The fraction of sp³-hybridized carbons (Fsp3) is 0.300. The third-order valence-corrected chi connectivity index (χ3v) is 4.25. The van der Waals surface area contributed by atoms with Gasteiger partial charge in [0.15, 0.2) is 9.84 Å². The summed E-state index contributed by atoms with van der Waals surface area (Å²) in [6.07, 6.45) is -4.69. The Bertz CT molecular complexity index is 590. The van der Waals surface area contributed by atoms with Crippen LogP contribution in [0.25, 0.3) is 0 Å². The molecule has 0 heterocycles. The minimum atomic E-state index is -4.69. The number of halogens is 4. The molecule has 1 aromatic rings. The van der Waals surface area contributed by atoms with Crippen LogP contribution in [0.15, 0.2) is 23.1 Å². The van der Waals surface area contributed by atoms with Gasteiger partial charge in [-0.2, -0.15) is 18.4 Å². The monoisotopic (exact) mass is 297 g/mol. The Balaban J connectivity index is 3.37. The van der Waals surface area contributed by atoms with Crippen molar-refractivity contribution in [1.82, 2.24) is 0 Å². The topological polar surface area (TPSA) is 57.9 Å². The van der Waals surface area contributed by atoms with Crippen LogP contribution in [0.1, 0.15) is 11.1 Å². The predicted octanol–water partition coefficient (Wildman–Crippen LogP) is 2.59. The minimum Gasteiger partial charge on any atom is -0.224 e. The van der Waals surface area contributed by atoms with E-state index in [9.17, 15) is 21.6 Å². The molecule has 0 atom stereocenters. The largest absolute Gasteiger partial charge is 0.417 e. The molecule has 0 fully saturated rings. The van der Waals surface area contributed by atoms with E-state index >= 15 is 0 Å². The molecule has 0 N–H and O–H groups in total. The van der Waals surface area contributed by atoms with Crippen LogP contribution >= 0.6 is 11.6 Å². The number of rotatable bonds is 3. The van der Waals surface area contributed by atoms with Crippen LogP contribution in [-0.4, -0.2) is 20.1 Å². The van der Waals surface area contributed by atoms with Crippen molar-refractivity contribution in [2.24, 2.45) is 0 Å². The van der Waals surface area contributed by atoms with Crippen molar-refractivity contribution in [1.29, 1.82) is 5.26 Å². The van der Waals surface area contributed by atoms with Crippen molar-refractivity contribution in [2.75, 3.05) is 11.6 Å². The average Bonchev–Trinajstić information content (AvgIpc) is 2.27. The number of alkyl halides is 4. The number of benzene rings is 1. The summed E-state index contributed by atoms with van der Waals surface area (Å²) in [6.45, 7) is 0. The molecule has 0 bridgehead atoms. The van der Waals surface area contributed by atoms with Crippen LogP contribution in [0, 0.1) is 11.3 Å². The van der Waals surface area contributed by atoms with Crippen molar-refractivity contribution in [2.45, 2.75) is 11.1 Å². The fourth-order valence-corrected chi connectivity index (χ4v) is 2.90. The molecule has 0 saturated carbocycles. The third-order valence-electron chi connectivity index (χ3n) is 2.12. The molecule has 1 aromatic carbocycles. The number of nitrogens with zero attached hydrogens (tertiary/aromatic N) is 1. The molecule has 0 aliphatic heterocycles. The van der Waals surface area contributed by atoms with E-state index in [2.05, 4.69) is 0 Å². The number of hydrogen-bond acceptors (Lipinski definition) is 3. The molecule has 0 spiro atoms. The van der Waals surface area contributed by atoms with Gasteiger partial charge >= 0.3 is 6.18 Å². The highest BCUT2D eigenvalue weighted by Crippen LogP contribution is 2.32. The van der Waals surface area contributed by atoms with Gasteiger partial charge in [0, 0.05) is 5.88 Å². The zero-order chi connectivity index (χ0) is 14.0. The van der Waals surface area contributed by atoms with Crippen molar-refractivity contribution >= 4 is 21.4 Å². The lowest BCUT2D eigenvalue weighted by Gasteiger charge is -2.10. The van der Waals surface area contributed by atoms with E-state index in [1.165, 1.54) is 6.07 Å². The normalized spacial score (nSPS) is 12.2. The molecular weight excluding hydrogens is 291 g/mol. The summed E-state index contributed by atoms with van der Waals surface area (Å²) in [5.74, 6) is -0.573. The zero-order valence-electron chi connectivity index (χ0n) is 8.83. The van der Waals surface area contributed by atoms with Gasteiger partial charge in [-0.05, 0) is 18.2 Å². The first-order chi connectivity index (χ1) is 8.22. The summed E-state index contributed by atoms with van der Waals surface area (Å²) in [4.78, 5) is -0.340. The number of nitriles is 1. The SMILES string of the molecule is N#Cc1cc(S(=O)(=O)CCCl)ccc1C(F)(F)F. The minimum absolute atomic E-state index is 0.175. The second kappa shape index (κ2) is 5.16. The highest BCUT2D eigenvalue weighted by atomic mass is 35.5. The molecule has 0 aromatic heterocycles. The lowest BCUT2D eigenvalue weighted by Crippen LogP contribution is -2.12. The number of sulfone groups is 1. The Kier molecular flexibility index (Phi) is 4.24. The molecule has 1 rings (SSSR count). The van der Waals surface area contributed by atoms with Crippen molar-refractivity contribution in [3.63, 3.8) is 0 Å². The Morgan fingerprint density at radius 3 is 2.39 bits per heavy atom. The summed E-state index contributed by atoms with van der Waals surface area (Å²) in [5.41, 5.74) is -1.88. The van der Waals surface area contributed by atoms with Crippen LogP contribution in [-0.2, 0) is 16.0 Å². The zero-order valence-corrected chi connectivity index (χ0v) is 10.4. The van der Waals surface area contributed by atoms with E-state index in [1.54, 1.807) is 0 Å². The van der Waals surface area contributed by atoms with E-state index in [-0.39, 0.29) is 10.8 Å². The molecular formula is C10H7ClF3NO2S. The van der Waals surface area contributed by atoms with Crippen molar-refractivity contribution in [3.05, 3.63) is 29.3 Å². The first-order valence-electron chi connectivity index (χ1n) is 4.62. The van der Waals surface area contributed by atoms with Crippen LogP contribution in [0.2, 0.25) is 0 Å². The molecule has 8 heteroatoms. The van der Waals surface area contributed by atoms with Crippen molar-refractivity contribution < 1.29 is 21.6 Å². The first kappa shape index (κ1) is 14.8. The quantitative estimate of drug-likeness (QED) is 0.806. The third kappa shape index (κ3) is 3.15. The summed E-state index contributed by atoms with van der Waals surface area (Å²) in [6, 6.07) is 3.46. The molecule has 18 heavy (non-hydrogen) atoms. The number of hydrogen-bond donors (Lipinski definition) is 0. The molecule has 0 aliphatic rings. The molecule has 0 radical (unpaired) electrons. The molecule has 0 saturated heterocycles. The van der Waals surface area contributed by atoms with Gasteiger partial charge in [-0.15, -0.1) is 11.6 Å². The summed E-state index contributed by atoms with van der Waals surface area (Å²) in [5, 5.41) is 8.63. The Morgan fingerprint density at radius 1 is 1.33 bits per heavy atom. The molecule has 98 valence electrons. The van der Waals surface area contributed by atoms with Gasteiger partial charge in [-0.25, -0.2) is 8.42 Å². The Morgan fingerprint density at radius 2 is 1.94 bits per heavy atom.